The van der Waals surface area contributed by atoms with Crippen LogP contribution in [0.5, 0.6) is 0 Å². The maximum absolute atomic E-state index is 12.9. The van der Waals surface area contributed by atoms with Crippen molar-refractivity contribution in [3.8, 4) is 0 Å². The van der Waals surface area contributed by atoms with Gasteiger partial charge in [-0.15, -0.1) is 0 Å². The molecule has 4 nitrogen and oxygen atoms in total. The van der Waals surface area contributed by atoms with E-state index in [1.54, 1.807) is 4.90 Å². The number of hydrogen-bond donors (Lipinski definition) is 1. The predicted molar refractivity (Wildman–Crippen MR) is 122 cm³/mol. The summed E-state index contributed by atoms with van der Waals surface area (Å²) in [6.45, 7) is 0.732. The first-order valence-electron chi connectivity index (χ1n) is 11.9. The Hall–Kier alpha value is -2.62. The molecule has 4 aliphatic carbocycles. The first-order chi connectivity index (χ1) is 15.1. The molecule has 1 heterocycles. The zero-order chi connectivity index (χ0) is 21.0. The molecule has 160 valence electrons. The number of nitrogens with zero attached hydrogens (tertiary/aromatic N) is 1. The van der Waals surface area contributed by atoms with E-state index in [0.717, 1.165) is 42.1 Å². The number of benzene rings is 2. The van der Waals surface area contributed by atoms with Crippen LogP contribution in [0.3, 0.4) is 0 Å². The van der Waals surface area contributed by atoms with Crippen molar-refractivity contribution in [2.24, 2.45) is 17.8 Å². The van der Waals surface area contributed by atoms with Gasteiger partial charge in [0, 0.05) is 29.9 Å². The van der Waals surface area contributed by atoms with Crippen LogP contribution in [0.2, 0.25) is 0 Å². The first kappa shape index (κ1) is 19.1. The molecule has 0 spiro atoms. The van der Waals surface area contributed by atoms with Crippen molar-refractivity contribution in [2.45, 2.75) is 56.8 Å². The van der Waals surface area contributed by atoms with E-state index in [2.05, 4.69) is 29.6 Å². The van der Waals surface area contributed by atoms with Crippen LogP contribution in [0, 0.1) is 17.8 Å². The molecule has 4 saturated carbocycles. The molecular weight excluding hydrogens is 384 g/mol. The highest BCUT2D eigenvalue weighted by molar-refractivity contribution is 6.05. The smallest absolute Gasteiger partial charge is 0.255 e. The average molecular weight is 415 g/mol. The SMILES string of the molecule is O=C(Nc1ccc(C23CC4CC(CC(C4)C2)C3)cc1)c1cccc(N2CCCC2=O)c1. The van der Waals surface area contributed by atoms with Crippen LogP contribution in [0.1, 0.15) is 67.3 Å². The Balaban J connectivity index is 1.17. The Morgan fingerprint density at radius 2 is 1.61 bits per heavy atom. The second-order valence-corrected chi connectivity index (χ2v) is 10.4. The Morgan fingerprint density at radius 3 is 2.23 bits per heavy atom. The lowest BCUT2D eigenvalue weighted by molar-refractivity contribution is -0.117. The van der Waals surface area contributed by atoms with Gasteiger partial charge in [-0.25, -0.2) is 0 Å². The van der Waals surface area contributed by atoms with E-state index in [-0.39, 0.29) is 11.8 Å². The van der Waals surface area contributed by atoms with E-state index in [4.69, 9.17) is 0 Å². The molecule has 4 bridgehead atoms. The largest absolute Gasteiger partial charge is 0.322 e. The molecule has 0 atom stereocenters. The minimum Gasteiger partial charge on any atom is -0.322 e. The number of carbonyl (C=O) groups excluding carboxylic acids is 2. The van der Waals surface area contributed by atoms with Crippen LogP contribution in [0.15, 0.2) is 48.5 Å². The fourth-order valence-corrected chi connectivity index (χ4v) is 7.31. The minimum atomic E-state index is -0.129. The van der Waals surface area contributed by atoms with Gasteiger partial charge < -0.3 is 10.2 Å². The van der Waals surface area contributed by atoms with E-state index in [1.165, 1.54) is 44.1 Å². The summed E-state index contributed by atoms with van der Waals surface area (Å²) in [6, 6.07) is 16.0. The molecular formula is C27H30N2O2. The van der Waals surface area contributed by atoms with Crippen molar-refractivity contribution in [2.75, 3.05) is 16.8 Å². The normalized spacial score (nSPS) is 31.3. The van der Waals surface area contributed by atoms with Crippen molar-refractivity contribution >= 4 is 23.2 Å². The quantitative estimate of drug-likeness (QED) is 0.715. The molecule has 1 saturated heterocycles. The van der Waals surface area contributed by atoms with E-state index in [0.29, 0.717) is 17.4 Å². The van der Waals surface area contributed by atoms with Gasteiger partial charge in [-0.05, 0) is 104 Å². The maximum atomic E-state index is 12.9. The molecule has 31 heavy (non-hydrogen) atoms. The van der Waals surface area contributed by atoms with Gasteiger partial charge >= 0.3 is 0 Å². The Labute approximate surface area is 184 Å². The minimum absolute atomic E-state index is 0.129. The Kier molecular flexibility index (Phi) is 4.45. The van der Waals surface area contributed by atoms with E-state index >= 15 is 0 Å². The van der Waals surface area contributed by atoms with Crippen molar-refractivity contribution < 1.29 is 9.59 Å². The summed E-state index contributed by atoms with van der Waals surface area (Å²) < 4.78 is 0. The number of nitrogens with one attached hydrogen (secondary N) is 1. The van der Waals surface area contributed by atoms with Gasteiger partial charge in [-0.1, -0.05) is 18.2 Å². The van der Waals surface area contributed by atoms with Crippen LogP contribution in [0.25, 0.3) is 0 Å². The molecule has 0 unspecified atom stereocenters. The molecule has 7 rings (SSSR count). The van der Waals surface area contributed by atoms with Crippen LogP contribution >= 0.6 is 0 Å². The summed E-state index contributed by atoms with van der Waals surface area (Å²) in [5.74, 6) is 2.80. The Morgan fingerprint density at radius 1 is 0.935 bits per heavy atom. The van der Waals surface area contributed by atoms with Gasteiger partial charge in [0.05, 0.1) is 0 Å². The van der Waals surface area contributed by atoms with Crippen LogP contribution in [-0.4, -0.2) is 18.4 Å². The zero-order valence-electron chi connectivity index (χ0n) is 18.0. The van der Waals surface area contributed by atoms with Crippen LogP contribution in [-0.2, 0) is 10.2 Å². The van der Waals surface area contributed by atoms with Crippen LogP contribution < -0.4 is 10.2 Å². The lowest BCUT2D eigenvalue weighted by Crippen LogP contribution is -2.48. The summed E-state index contributed by atoms with van der Waals surface area (Å²) in [5, 5.41) is 3.05. The standard InChI is InChI=1S/C27H30N2O2/c30-25-5-2-10-29(25)24-4-1-3-21(14-24)26(31)28-23-8-6-22(7-9-23)27-15-18-11-19(16-27)13-20(12-18)17-27/h1,3-4,6-9,14,18-20H,2,5,10-13,15-17H2,(H,28,31). The fraction of sp³-hybridized carbons (Fsp3) is 0.481. The van der Waals surface area contributed by atoms with E-state index in [9.17, 15) is 9.59 Å². The third-order valence-corrected chi connectivity index (χ3v) is 8.29. The molecule has 5 fully saturated rings. The van der Waals surface area contributed by atoms with Crippen molar-refractivity contribution in [1.29, 1.82) is 0 Å². The van der Waals surface area contributed by atoms with Gasteiger partial charge in [0.2, 0.25) is 5.91 Å². The third kappa shape index (κ3) is 3.37. The Bertz CT molecular complexity index is 991. The fourth-order valence-electron chi connectivity index (χ4n) is 7.31. The molecule has 2 amide bonds. The molecule has 2 aromatic rings. The highest BCUT2D eigenvalue weighted by Crippen LogP contribution is 2.60. The topological polar surface area (TPSA) is 49.4 Å². The zero-order valence-corrected chi connectivity index (χ0v) is 18.0. The van der Waals surface area contributed by atoms with E-state index in [1.807, 2.05) is 24.3 Å². The summed E-state index contributed by atoms with van der Waals surface area (Å²) in [4.78, 5) is 26.7. The number of carbonyl (C=O) groups is 2. The van der Waals surface area contributed by atoms with Gasteiger partial charge in [0.25, 0.3) is 5.91 Å². The monoisotopic (exact) mass is 414 g/mol. The lowest BCUT2D eigenvalue weighted by atomic mass is 9.48. The number of hydrogen-bond acceptors (Lipinski definition) is 2. The maximum Gasteiger partial charge on any atom is 0.255 e. The second-order valence-electron chi connectivity index (χ2n) is 10.4. The molecule has 0 radical (unpaired) electrons. The molecule has 4 heteroatoms. The van der Waals surface area contributed by atoms with E-state index < -0.39 is 0 Å². The van der Waals surface area contributed by atoms with Crippen LogP contribution in [0.4, 0.5) is 11.4 Å². The lowest BCUT2D eigenvalue weighted by Gasteiger charge is -2.57. The van der Waals surface area contributed by atoms with Gasteiger partial charge in [0.1, 0.15) is 0 Å². The summed E-state index contributed by atoms with van der Waals surface area (Å²) in [5.41, 5.74) is 4.09. The molecule has 1 aliphatic heterocycles. The highest BCUT2D eigenvalue weighted by Gasteiger charge is 2.51. The first-order valence-corrected chi connectivity index (χ1v) is 11.9. The average Bonchev–Trinajstić information content (AvgIpc) is 3.19. The van der Waals surface area contributed by atoms with Crippen molar-refractivity contribution in [3.05, 3.63) is 59.7 Å². The second kappa shape index (κ2) is 7.22. The molecule has 2 aromatic carbocycles. The van der Waals surface area contributed by atoms with Crippen molar-refractivity contribution in [3.63, 3.8) is 0 Å². The number of anilines is 2. The molecule has 1 N–H and O–H groups in total. The molecule has 5 aliphatic rings. The summed E-state index contributed by atoms with van der Waals surface area (Å²) >= 11 is 0. The van der Waals surface area contributed by atoms with Gasteiger partial charge in [-0.2, -0.15) is 0 Å². The summed E-state index contributed by atoms with van der Waals surface area (Å²) in [7, 11) is 0. The predicted octanol–water partition coefficient (Wildman–Crippen LogP) is 5.53. The number of rotatable bonds is 4. The summed E-state index contributed by atoms with van der Waals surface area (Å²) in [6.07, 6.45) is 9.89. The van der Waals surface area contributed by atoms with Gasteiger partial charge in [0.15, 0.2) is 0 Å². The third-order valence-electron chi connectivity index (χ3n) is 8.29. The van der Waals surface area contributed by atoms with Gasteiger partial charge in [-0.3, -0.25) is 9.59 Å². The molecule has 0 aromatic heterocycles. The van der Waals surface area contributed by atoms with Crippen molar-refractivity contribution in [1.82, 2.24) is 0 Å². The highest BCUT2D eigenvalue weighted by atomic mass is 16.2. The number of amides is 2.